The molecule has 0 spiro atoms. The average molecular weight is 253 g/mol. The number of rotatable bonds is 5. The largest absolute Gasteiger partial charge is 0.397 e. The van der Waals surface area contributed by atoms with Gasteiger partial charge in [0.15, 0.2) is 0 Å². The van der Waals surface area contributed by atoms with E-state index in [-0.39, 0.29) is 12.3 Å². The number of carbonyl (C=O) groups excluding carboxylic acids is 1. The number of aliphatic hydroxyl groups is 2. The summed E-state index contributed by atoms with van der Waals surface area (Å²) < 4.78 is 0. The lowest BCUT2D eigenvalue weighted by Crippen LogP contribution is -2.28. The van der Waals surface area contributed by atoms with Crippen LogP contribution in [-0.4, -0.2) is 33.8 Å². The van der Waals surface area contributed by atoms with Gasteiger partial charge >= 0.3 is 0 Å². The van der Waals surface area contributed by atoms with E-state index in [1.807, 2.05) is 0 Å². The topological polar surface area (TPSA) is 108 Å². The van der Waals surface area contributed by atoms with Crippen LogP contribution in [0.1, 0.15) is 30.7 Å². The molecule has 1 aromatic rings. The minimum atomic E-state index is -1.06. The SMILES string of the molecule is CC(=O)NCCC(O)C(O)c1cc(N)cnc1C. The number of hydrogen-bond acceptors (Lipinski definition) is 5. The Bertz CT molecular complexity index is 423. The van der Waals surface area contributed by atoms with Gasteiger partial charge in [-0.25, -0.2) is 0 Å². The molecule has 1 heterocycles. The second kappa shape index (κ2) is 6.32. The van der Waals surface area contributed by atoms with Crippen LogP contribution in [0.5, 0.6) is 0 Å². The van der Waals surface area contributed by atoms with E-state index in [1.54, 1.807) is 13.0 Å². The van der Waals surface area contributed by atoms with Gasteiger partial charge in [0.1, 0.15) is 6.10 Å². The van der Waals surface area contributed by atoms with Crippen molar-refractivity contribution in [1.82, 2.24) is 10.3 Å². The molecule has 0 radical (unpaired) electrons. The second-order valence-corrected chi connectivity index (χ2v) is 4.23. The fraction of sp³-hybridized carbons (Fsp3) is 0.500. The fourth-order valence-corrected chi connectivity index (χ4v) is 1.63. The first kappa shape index (κ1) is 14.4. The molecule has 0 saturated heterocycles. The first-order valence-electron chi connectivity index (χ1n) is 5.74. The smallest absolute Gasteiger partial charge is 0.216 e. The van der Waals surface area contributed by atoms with E-state index in [0.717, 1.165) is 0 Å². The standard InChI is InChI=1S/C12H19N3O3/c1-7-10(5-9(13)6-15-7)12(18)11(17)3-4-14-8(2)16/h5-6,11-12,17-18H,3-4,13H2,1-2H3,(H,14,16). The van der Waals surface area contributed by atoms with Crippen LogP contribution in [0.25, 0.3) is 0 Å². The van der Waals surface area contributed by atoms with Crippen LogP contribution in [-0.2, 0) is 4.79 Å². The zero-order chi connectivity index (χ0) is 13.7. The van der Waals surface area contributed by atoms with Gasteiger partial charge in [-0.05, 0) is 19.4 Å². The minimum absolute atomic E-state index is 0.168. The van der Waals surface area contributed by atoms with E-state index in [0.29, 0.717) is 23.5 Å². The number of nitrogen functional groups attached to an aromatic ring is 1. The minimum Gasteiger partial charge on any atom is -0.397 e. The highest BCUT2D eigenvalue weighted by atomic mass is 16.3. The number of aliphatic hydroxyl groups excluding tert-OH is 2. The number of nitrogens with one attached hydrogen (secondary N) is 1. The number of nitrogens with zero attached hydrogens (tertiary/aromatic N) is 1. The predicted octanol–water partition coefficient (Wildman–Crippen LogP) is -0.107. The van der Waals surface area contributed by atoms with Crippen LogP contribution < -0.4 is 11.1 Å². The molecule has 0 bridgehead atoms. The van der Waals surface area contributed by atoms with Crippen molar-refractivity contribution in [2.24, 2.45) is 0 Å². The third kappa shape index (κ3) is 3.97. The third-order valence-corrected chi connectivity index (χ3v) is 2.64. The van der Waals surface area contributed by atoms with Crippen LogP contribution in [0.3, 0.4) is 0 Å². The van der Waals surface area contributed by atoms with Crippen molar-refractivity contribution in [1.29, 1.82) is 0 Å². The monoisotopic (exact) mass is 253 g/mol. The third-order valence-electron chi connectivity index (χ3n) is 2.64. The Morgan fingerprint density at radius 2 is 2.22 bits per heavy atom. The van der Waals surface area contributed by atoms with E-state index in [1.165, 1.54) is 13.1 Å². The Morgan fingerprint density at radius 3 is 2.83 bits per heavy atom. The zero-order valence-corrected chi connectivity index (χ0v) is 10.6. The summed E-state index contributed by atoms with van der Waals surface area (Å²) in [5.41, 5.74) is 7.15. The van der Waals surface area contributed by atoms with Crippen LogP contribution in [0, 0.1) is 6.92 Å². The Kier molecular flexibility index (Phi) is 5.06. The normalized spacial score (nSPS) is 14.0. The number of aryl methyl sites for hydroxylation is 1. The van der Waals surface area contributed by atoms with Crippen molar-refractivity contribution in [2.75, 3.05) is 12.3 Å². The molecule has 6 heteroatoms. The lowest BCUT2D eigenvalue weighted by Gasteiger charge is -2.19. The molecule has 1 amide bonds. The molecule has 0 aromatic carbocycles. The van der Waals surface area contributed by atoms with Crippen LogP contribution in [0.2, 0.25) is 0 Å². The first-order chi connectivity index (χ1) is 8.41. The van der Waals surface area contributed by atoms with Crippen LogP contribution in [0.15, 0.2) is 12.3 Å². The number of nitrogens with two attached hydrogens (primary N) is 1. The van der Waals surface area contributed by atoms with E-state index in [9.17, 15) is 15.0 Å². The van der Waals surface area contributed by atoms with Gasteiger partial charge in [0.25, 0.3) is 0 Å². The van der Waals surface area contributed by atoms with Gasteiger partial charge in [-0.1, -0.05) is 0 Å². The summed E-state index contributed by atoms with van der Waals surface area (Å²) in [6, 6.07) is 1.59. The molecule has 100 valence electrons. The van der Waals surface area contributed by atoms with Crippen molar-refractivity contribution >= 4 is 11.6 Å². The highest BCUT2D eigenvalue weighted by Gasteiger charge is 2.20. The van der Waals surface area contributed by atoms with Gasteiger partial charge < -0.3 is 21.3 Å². The number of hydrogen-bond donors (Lipinski definition) is 4. The summed E-state index contributed by atoms with van der Waals surface area (Å²) in [5, 5.41) is 22.4. The van der Waals surface area contributed by atoms with E-state index in [2.05, 4.69) is 10.3 Å². The quantitative estimate of drug-likeness (QED) is 0.585. The lowest BCUT2D eigenvalue weighted by atomic mass is 10.0. The molecule has 18 heavy (non-hydrogen) atoms. The maximum absolute atomic E-state index is 10.7. The van der Waals surface area contributed by atoms with Gasteiger partial charge in [0.2, 0.25) is 5.91 Å². The predicted molar refractivity (Wildman–Crippen MR) is 67.7 cm³/mol. The Hall–Kier alpha value is -1.66. The fourth-order valence-electron chi connectivity index (χ4n) is 1.63. The van der Waals surface area contributed by atoms with Gasteiger partial charge in [-0.3, -0.25) is 9.78 Å². The molecule has 0 saturated carbocycles. The van der Waals surface area contributed by atoms with Gasteiger partial charge in [0, 0.05) is 24.7 Å². The number of pyridine rings is 1. The molecule has 0 aliphatic heterocycles. The highest BCUT2D eigenvalue weighted by molar-refractivity contribution is 5.72. The van der Waals surface area contributed by atoms with Gasteiger partial charge in [-0.15, -0.1) is 0 Å². The van der Waals surface area contributed by atoms with Gasteiger partial charge in [0.05, 0.1) is 18.0 Å². The molecule has 1 rings (SSSR count). The molecule has 5 N–H and O–H groups in total. The number of carbonyl (C=O) groups is 1. The van der Waals surface area contributed by atoms with Crippen molar-refractivity contribution < 1.29 is 15.0 Å². The molecule has 0 aliphatic carbocycles. The maximum Gasteiger partial charge on any atom is 0.216 e. The summed E-state index contributed by atoms with van der Waals surface area (Å²) in [7, 11) is 0. The van der Waals surface area contributed by atoms with E-state index in [4.69, 9.17) is 5.73 Å². The summed E-state index contributed by atoms with van der Waals surface area (Å²) in [5.74, 6) is -0.168. The van der Waals surface area contributed by atoms with Gasteiger partial charge in [-0.2, -0.15) is 0 Å². The van der Waals surface area contributed by atoms with Crippen molar-refractivity contribution in [3.63, 3.8) is 0 Å². The summed E-state index contributed by atoms with van der Waals surface area (Å²) in [6.45, 7) is 3.44. The molecule has 6 nitrogen and oxygen atoms in total. The summed E-state index contributed by atoms with van der Waals surface area (Å²) in [4.78, 5) is 14.7. The first-order valence-corrected chi connectivity index (χ1v) is 5.74. The van der Waals surface area contributed by atoms with Crippen molar-refractivity contribution in [2.45, 2.75) is 32.5 Å². The lowest BCUT2D eigenvalue weighted by molar-refractivity contribution is -0.119. The second-order valence-electron chi connectivity index (χ2n) is 4.23. The molecule has 0 aliphatic rings. The zero-order valence-electron chi connectivity index (χ0n) is 10.6. The summed E-state index contributed by atoms with van der Waals surface area (Å²) in [6.07, 6.45) is -0.279. The number of amides is 1. The Morgan fingerprint density at radius 1 is 1.56 bits per heavy atom. The van der Waals surface area contributed by atoms with Crippen molar-refractivity contribution in [3.05, 3.63) is 23.5 Å². The summed E-state index contributed by atoms with van der Waals surface area (Å²) >= 11 is 0. The number of anilines is 1. The molecule has 2 unspecified atom stereocenters. The van der Waals surface area contributed by atoms with E-state index >= 15 is 0 Å². The van der Waals surface area contributed by atoms with Crippen LogP contribution in [0.4, 0.5) is 5.69 Å². The number of aromatic nitrogens is 1. The molecule has 1 aromatic heterocycles. The molecular weight excluding hydrogens is 234 g/mol. The Balaban J connectivity index is 2.64. The average Bonchev–Trinajstić information content (AvgIpc) is 2.30. The van der Waals surface area contributed by atoms with Crippen molar-refractivity contribution in [3.8, 4) is 0 Å². The van der Waals surface area contributed by atoms with E-state index < -0.39 is 12.2 Å². The maximum atomic E-state index is 10.7. The van der Waals surface area contributed by atoms with Crippen LogP contribution >= 0.6 is 0 Å². The molecule has 2 atom stereocenters. The molecular formula is C12H19N3O3. The highest BCUT2D eigenvalue weighted by Crippen LogP contribution is 2.22. The molecule has 0 fully saturated rings. The Labute approximate surface area is 106 Å².